The van der Waals surface area contributed by atoms with E-state index in [4.69, 9.17) is 14.7 Å². The molecule has 0 atom stereocenters. The number of hydrogen-bond acceptors (Lipinski definition) is 3. The predicted molar refractivity (Wildman–Crippen MR) is 239 cm³/mol. The minimum atomic E-state index is -0.550. The number of hydrogen-bond donors (Lipinski definition) is 0. The van der Waals surface area contributed by atoms with Crippen LogP contribution in [0.3, 0.4) is 0 Å². The molecule has 1 spiro atoms. The van der Waals surface area contributed by atoms with Gasteiger partial charge in [0.2, 0.25) is 0 Å². The molecule has 0 unspecified atom stereocenters. The molecule has 3 heterocycles. The summed E-state index contributed by atoms with van der Waals surface area (Å²) >= 11 is 0. The van der Waals surface area contributed by atoms with Gasteiger partial charge in [0.25, 0.3) is 0 Å². The molecule has 4 nitrogen and oxygen atoms in total. The summed E-state index contributed by atoms with van der Waals surface area (Å²) in [7, 11) is 0. The van der Waals surface area contributed by atoms with E-state index in [1.807, 2.05) is 24.3 Å². The number of rotatable bonds is 3. The zero-order valence-electron chi connectivity index (χ0n) is 32.1. The topological polar surface area (TPSA) is 39.9 Å². The highest BCUT2D eigenvalue weighted by Gasteiger charge is 2.51. The molecule has 10 aromatic rings. The standard InChI is InChI=1S/C55H35N3O/c1-2-16-34(17-3-1)53-54(57-47-26-12-11-25-46(47)56-53)39-30-31-49(37-20-5-4-18-35(37)39)58-48-27-13-7-21-38(48)41-32-40-36-19-6-8-22-42(36)55(45(40)33-50(41)58)43-23-9-14-28-51(43)59-52-29-15-10-24-44(52)55/h1-6,8-20,22-33H,7,21H2. The van der Waals surface area contributed by atoms with Gasteiger partial charge in [0.15, 0.2) is 0 Å². The van der Waals surface area contributed by atoms with Crippen LogP contribution in [0.5, 0.6) is 11.5 Å². The highest BCUT2D eigenvalue weighted by Crippen LogP contribution is 2.62. The fraction of sp³-hybridized carbons (Fsp3) is 0.0545. The van der Waals surface area contributed by atoms with Gasteiger partial charge in [0, 0.05) is 38.7 Å². The fourth-order valence-electron chi connectivity index (χ4n) is 10.5. The highest BCUT2D eigenvalue weighted by atomic mass is 16.5. The third-order valence-corrected chi connectivity index (χ3v) is 12.9. The van der Waals surface area contributed by atoms with E-state index in [-0.39, 0.29) is 0 Å². The molecule has 0 saturated carbocycles. The summed E-state index contributed by atoms with van der Waals surface area (Å²) in [5, 5.41) is 3.61. The number of para-hydroxylation sites is 4. The van der Waals surface area contributed by atoms with Crippen molar-refractivity contribution in [1.29, 1.82) is 0 Å². The Morgan fingerprint density at radius 2 is 1.14 bits per heavy atom. The van der Waals surface area contributed by atoms with Crippen molar-refractivity contribution < 1.29 is 4.74 Å². The van der Waals surface area contributed by atoms with Gasteiger partial charge in [-0.05, 0) is 101 Å². The minimum absolute atomic E-state index is 0.550. The van der Waals surface area contributed by atoms with Gasteiger partial charge in [0.1, 0.15) is 11.5 Å². The smallest absolute Gasteiger partial charge is 0.132 e. The van der Waals surface area contributed by atoms with Gasteiger partial charge in [-0.2, -0.15) is 0 Å². The summed E-state index contributed by atoms with van der Waals surface area (Å²) in [5.41, 5.74) is 17.6. The third-order valence-electron chi connectivity index (χ3n) is 12.9. The van der Waals surface area contributed by atoms with Crippen LogP contribution in [0, 0.1) is 0 Å². The van der Waals surface area contributed by atoms with Gasteiger partial charge < -0.3 is 9.30 Å². The van der Waals surface area contributed by atoms with Crippen LogP contribution < -0.4 is 4.74 Å². The van der Waals surface area contributed by atoms with Crippen molar-refractivity contribution in [1.82, 2.24) is 14.5 Å². The van der Waals surface area contributed by atoms with Gasteiger partial charge in [-0.3, -0.25) is 0 Å². The van der Waals surface area contributed by atoms with E-state index in [0.717, 1.165) is 74.3 Å². The molecule has 13 rings (SSSR count). The molecule has 1 aliphatic heterocycles. The molecule has 4 heteroatoms. The monoisotopic (exact) mass is 753 g/mol. The maximum Gasteiger partial charge on any atom is 0.132 e. The van der Waals surface area contributed by atoms with Crippen LogP contribution in [-0.2, 0) is 11.8 Å². The Bertz CT molecular complexity index is 3380. The normalized spacial score (nSPS) is 14.2. The van der Waals surface area contributed by atoms with E-state index >= 15 is 0 Å². The first-order valence-corrected chi connectivity index (χ1v) is 20.5. The summed E-state index contributed by atoms with van der Waals surface area (Å²) < 4.78 is 9.21. The van der Waals surface area contributed by atoms with E-state index in [2.05, 4.69) is 168 Å². The molecule has 8 aromatic carbocycles. The van der Waals surface area contributed by atoms with Crippen LogP contribution in [-0.4, -0.2) is 14.5 Å². The summed E-state index contributed by atoms with van der Waals surface area (Å²) in [6.07, 6.45) is 6.69. The van der Waals surface area contributed by atoms with Crippen LogP contribution >= 0.6 is 0 Å². The van der Waals surface area contributed by atoms with Gasteiger partial charge in [0.05, 0.1) is 39.0 Å². The molecule has 0 amide bonds. The summed E-state index contributed by atoms with van der Waals surface area (Å²) in [6, 6.07) is 63.3. The zero-order valence-corrected chi connectivity index (χ0v) is 32.1. The van der Waals surface area contributed by atoms with Crippen molar-refractivity contribution in [3.63, 3.8) is 0 Å². The van der Waals surface area contributed by atoms with E-state index in [1.54, 1.807) is 0 Å². The second-order valence-electron chi connectivity index (χ2n) is 15.9. The average Bonchev–Trinajstić information content (AvgIpc) is 3.77. The Hall–Kier alpha value is -7.56. The molecule has 276 valence electrons. The second-order valence-corrected chi connectivity index (χ2v) is 15.9. The average molecular weight is 754 g/mol. The first-order chi connectivity index (χ1) is 29.3. The molecule has 59 heavy (non-hydrogen) atoms. The number of aromatic nitrogens is 3. The molecule has 0 bridgehead atoms. The number of ether oxygens (including phenoxy) is 1. The lowest BCUT2D eigenvalue weighted by Gasteiger charge is -2.39. The molecule has 2 aromatic heterocycles. The van der Waals surface area contributed by atoms with Crippen molar-refractivity contribution in [2.45, 2.75) is 18.3 Å². The Morgan fingerprint density at radius 3 is 1.92 bits per heavy atom. The Labute approximate surface area is 341 Å². The minimum Gasteiger partial charge on any atom is -0.457 e. The fourth-order valence-corrected chi connectivity index (χ4v) is 10.5. The maximum absolute atomic E-state index is 6.67. The zero-order chi connectivity index (χ0) is 38.7. The van der Waals surface area contributed by atoms with Crippen molar-refractivity contribution >= 4 is 38.8 Å². The molecular formula is C55H35N3O. The van der Waals surface area contributed by atoms with Crippen LogP contribution in [0.1, 0.15) is 39.9 Å². The first-order valence-electron chi connectivity index (χ1n) is 20.5. The van der Waals surface area contributed by atoms with Crippen LogP contribution in [0.15, 0.2) is 182 Å². The molecule has 0 fully saturated rings. The Kier molecular flexibility index (Phi) is 6.74. The quantitative estimate of drug-likeness (QED) is 0.180. The molecule has 0 radical (unpaired) electrons. The summed E-state index contributed by atoms with van der Waals surface area (Å²) in [6.45, 7) is 0. The lowest BCUT2D eigenvalue weighted by molar-refractivity contribution is 0.436. The molecular weight excluding hydrogens is 719 g/mol. The number of allylic oxidation sites excluding steroid dienone is 1. The number of benzene rings is 8. The lowest BCUT2D eigenvalue weighted by Crippen LogP contribution is -2.32. The largest absolute Gasteiger partial charge is 0.457 e. The SMILES string of the molecule is C1=Cc2c(c3cc4c(cc3n2-c2ccc(-c3nc5ccccc5nc3-c3ccccc3)c3ccccc23)C2(c3ccccc3Oc3ccccc32)c2ccccc2-4)CC1. The summed E-state index contributed by atoms with van der Waals surface area (Å²) in [4.78, 5) is 10.6. The molecule has 0 N–H and O–H groups in total. The Morgan fingerprint density at radius 1 is 0.492 bits per heavy atom. The van der Waals surface area contributed by atoms with Crippen LogP contribution in [0.4, 0.5) is 0 Å². The Balaban J connectivity index is 1.11. The van der Waals surface area contributed by atoms with Gasteiger partial charge in [-0.25, -0.2) is 9.97 Å². The van der Waals surface area contributed by atoms with E-state index in [0.29, 0.717) is 0 Å². The van der Waals surface area contributed by atoms with Crippen molar-refractivity contribution in [3.05, 3.63) is 216 Å². The number of nitrogens with zero attached hydrogens (tertiary/aromatic N) is 3. The van der Waals surface area contributed by atoms with Gasteiger partial charge in [-0.1, -0.05) is 133 Å². The number of fused-ring (bicyclic) bond motifs is 14. The van der Waals surface area contributed by atoms with Gasteiger partial charge in [-0.15, -0.1) is 0 Å². The van der Waals surface area contributed by atoms with E-state index in [9.17, 15) is 0 Å². The van der Waals surface area contributed by atoms with Crippen LogP contribution in [0.2, 0.25) is 0 Å². The van der Waals surface area contributed by atoms with Gasteiger partial charge >= 0.3 is 0 Å². The molecule has 0 saturated heterocycles. The van der Waals surface area contributed by atoms with Crippen molar-refractivity contribution in [2.75, 3.05) is 0 Å². The first kappa shape index (κ1) is 32.5. The van der Waals surface area contributed by atoms with Crippen molar-refractivity contribution in [2.24, 2.45) is 0 Å². The second kappa shape index (κ2) is 12.2. The highest BCUT2D eigenvalue weighted by molar-refractivity contribution is 6.06. The van der Waals surface area contributed by atoms with Crippen LogP contribution in [0.25, 0.3) is 78.1 Å². The third kappa shape index (κ3) is 4.43. The van der Waals surface area contributed by atoms with E-state index < -0.39 is 5.41 Å². The summed E-state index contributed by atoms with van der Waals surface area (Å²) in [5.74, 6) is 1.81. The molecule has 2 aliphatic carbocycles. The maximum atomic E-state index is 6.67. The van der Waals surface area contributed by atoms with Crippen molar-refractivity contribution in [3.8, 4) is 50.8 Å². The lowest BCUT2D eigenvalue weighted by atomic mass is 9.66. The molecule has 3 aliphatic rings. The predicted octanol–water partition coefficient (Wildman–Crippen LogP) is 13.5. The number of aryl methyl sites for hydroxylation is 1. The van der Waals surface area contributed by atoms with E-state index in [1.165, 1.54) is 55.5 Å².